The van der Waals surface area contributed by atoms with Crippen LogP contribution in [0.3, 0.4) is 0 Å². The third-order valence-corrected chi connectivity index (χ3v) is 14.0. The van der Waals surface area contributed by atoms with E-state index in [0.717, 1.165) is 73.4 Å². The van der Waals surface area contributed by atoms with Crippen molar-refractivity contribution in [3.8, 4) is 34.4 Å². The number of benzene rings is 8. The second kappa shape index (κ2) is 13.0. The van der Waals surface area contributed by atoms with Gasteiger partial charge in [-0.3, -0.25) is 4.57 Å². The summed E-state index contributed by atoms with van der Waals surface area (Å²) in [5.74, 6) is 1.78. The SMILES string of the molecule is CC1(C)CCC(C)(C)c2cc3c(cc21)c1c(ccc2c4ccccc4n(-c4ccccc4)c21)n3-c1nc(-c2cccc3ccccc23)nc(-c2cccc3oc4ccccc4c23)n1. The topological polar surface area (TPSA) is 61.7 Å². The summed E-state index contributed by atoms with van der Waals surface area (Å²) in [6.45, 7) is 9.64. The number of furan rings is 1. The van der Waals surface area contributed by atoms with Crippen molar-refractivity contribution in [2.75, 3.05) is 0 Å². The lowest BCUT2D eigenvalue weighted by molar-refractivity contribution is 0.332. The Bertz CT molecular complexity index is 3860. The van der Waals surface area contributed by atoms with Gasteiger partial charge in [0.15, 0.2) is 11.6 Å². The van der Waals surface area contributed by atoms with Gasteiger partial charge in [-0.15, -0.1) is 0 Å². The van der Waals surface area contributed by atoms with Gasteiger partial charge >= 0.3 is 0 Å². The number of aromatic nitrogens is 5. The van der Waals surface area contributed by atoms with Crippen molar-refractivity contribution in [2.45, 2.75) is 51.4 Å². The zero-order valence-electron chi connectivity index (χ0n) is 35.6. The van der Waals surface area contributed by atoms with Gasteiger partial charge in [0.1, 0.15) is 11.2 Å². The Kier molecular flexibility index (Phi) is 7.44. The van der Waals surface area contributed by atoms with Gasteiger partial charge in [-0.2, -0.15) is 9.97 Å². The number of hydrogen-bond donors (Lipinski definition) is 0. The molecule has 8 aromatic carbocycles. The molecule has 13 rings (SSSR count). The minimum absolute atomic E-state index is 0.00141. The molecule has 0 saturated carbocycles. The van der Waals surface area contributed by atoms with E-state index in [1.165, 1.54) is 43.7 Å². The zero-order chi connectivity index (χ0) is 42.2. The van der Waals surface area contributed by atoms with Crippen LogP contribution in [0.5, 0.6) is 0 Å². The third kappa shape index (κ3) is 5.21. The summed E-state index contributed by atoms with van der Waals surface area (Å²) in [5, 5.41) is 9.04. The number of rotatable bonds is 4. The fraction of sp³-hybridized carbons (Fsp3) is 0.140. The highest BCUT2D eigenvalue weighted by molar-refractivity contribution is 6.26. The quantitative estimate of drug-likeness (QED) is 0.178. The summed E-state index contributed by atoms with van der Waals surface area (Å²) in [7, 11) is 0. The number of nitrogens with zero attached hydrogens (tertiary/aromatic N) is 5. The second-order valence-corrected chi connectivity index (χ2v) is 18.6. The molecule has 6 nitrogen and oxygen atoms in total. The normalized spacial score (nSPS) is 14.8. The van der Waals surface area contributed by atoms with Crippen LogP contribution >= 0.6 is 0 Å². The van der Waals surface area contributed by atoms with Gasteiger partial charge in [-0.25, -0.2) is 4.98 Å². The van der Waals surface area contributed by atoms with Crippen molar-refractivity contribution >= 4 is 76.3 Å². The Morgan fingerprint density at radius 1 is 0.444 bits per heavy atom. The van der Waals surface area contributed by atoms with Crippen LogP contribution in [-0.4, -0.2) is 24.1 Å². The van der Waals surface area contributed by atoms with Crippen LogP contribution in [0.4, 0.5) is 0 Å². The lowest BCUT2D eigenvalue weighted by Crippen LogP contribution is -2.33. The Balaban J connectivity index is 1.22. The van der Waals surface area contributed by atoms with Crippen molar-refractivity contribution in [1.29, 1.82) is 0 Å². The Morgan fingerprint density at radius 3 is 1.90 bits per heavy atom. The molecule has 0 radical (unpaired) electrons. The molecule has 0 N–H and O–H groups in total. The monoisotopic (exact) mass is 813 g/mol. The predicted octanol–water partition coefficient (Wildman–Crippen LogP) is 14.8. The van der Waals surface area contributed by atoms with Gasteiger partial charge in [-0.05, 0) is 94.1 Å². The van der Waals surface area contributed by atoms with E-state index in [-0.39, 0.29) is 10.8 Å². The molecule has 302 valence electrons. The van der Waals surface area contributed by atoms with E-state index in [1.807, 2.05) is 24.3 Å². The summed E-state index contributed by atoms with van der Waals surface area (Å²) in [6, 6.07) is 58.4. The molecular weight excluding hydrogens is 771 g/mol. The summed E-state index contributed by atoms with van der Waals surface area (Å²) in [4.78, 5) is 16.5. The lowest BCUT2D eigenvalue weighted by Gasteiger charge is -2.42. The van der Waals surface area contributed by atoms with Crippen molar-refractivity contribution in [2.24, 2.45) is 0 Å². The van der Waals surface area contributed by atoms with Gasteiger partial charge in [0.05, 0.1) is 22.1 Å². The molecule has 63 heavy (non-hydrogen) atoms. The van der Waals surface area contributed by atoms with E-state index >= 15 is 0 Å². The fourth-order valence-corrected chi connectivity index (χ4v) is 10.8. The number of hydrogen-bond acceptors (Lipinski definition) is 4. The van der Waals surface area contributed by atoms with Crippen LogP contribution in [-0.2, 0) is 10.8 Å². The molecule has 6 heteroatoms. The highest BCUT2D eigenvalue weighted by Gasteiger charge is 2.38. The Morgan fingerprint density at radius 2 is 1.08 bits per heavy atom. The first-order chi connectivity index (χ1) is 30.7. The molecule has 0 saturated heterocycles. The Hall–Kier alpha value is -7.57. The molecular formula is C57H43N5O. The molecule has 4 heterocycles. The highest BCUT2D eigenvalue weighted by atomic mass is 16.3. The van der Waals surface area contributed by atoms with E-state index in [0.29, 0.717) is 17.6 Å². The van der Waals surface area contributed by atoms with E-state index in [4.69, 9.17) is 19.4 Å². The molecule has 0 atom stereocenters. The van der Waals surface area contributed by atoms with Crippen LogP contribution in [0.15, 0.2) is 168 Å². The largest absolute Gasteiger partial charge is 0.456 e. The number of para-hydroxylation sites is 3. The first-order valence-electron chi connectivity index (χ1n) is 22.0. The van der Waals surface area contributed by atoms with Crippen molar-refractivity contribution in [3.63, 3.8) is 0 Å². The van der Waals surface area contributed by atoms with E-state index in [1.54, 1.807) is 0 Å². The van der Waals surface area contributed by atoms with E-state index in [2.05, 4.69) is 176 Å². The van der Waals surface area contributed by atoms with E-state index < -0.39 is 0 Å². The highest BCUT2D eigenvalue weighted by Crippen LogP contribution is 2.50. The van der Waals surface area contributed by atoms with Gasteiger partial charge in [0, 0.05) is 49.1 Å². The molecule has 0 spiro atoms. The average molecular weight is 814 g/mol. The van der Waals surface area contributed by atoms with Gasteiger partial charge < -0.3 is 8.98 Å². The van der Waals surface area contributed by atoms with Crippen molar-refractivity contribution in [3.05, 3.63) is 175 Å². The summed E-state index contributed by atoms with van der Waals surface area (Å²) in [5.41, 5.74) is 11.9. The third-order valence-electron chi connectivity index (χ3n) is 14.0. The van der Waals surface area contributed by atoms with Crippen molar-refractivity contribution in [1.82, 2.24) is 24.1 Å². The molecule has 0 fully saturated rings. The van der Waals surface area contributed by atoms with Gasteiger partial charge in [0.25, 0.3) is 0 Å². The van der Waals surface area contributed by atoms with Crippen LogP contribution in [0.1, 0.15) is 51.7 Å². The molecule has 0 amide bonds. The van der Waals surface area contributed by atoms with Crippen LogP contribution in [0.25, 0.3) is 111 Å². The molecule has 4 aromatic heterocycles. The standard InChI is InChI=1S/C57H43N5O/c1-56(2)30-31-57(3,4)44-33-47-42(32-43(44)56)51-46(29-28-38-37-21-10-12-25-45(37)61(52(38)51)35-18-6-5-7-19-35)62(47)55-59-53(39-23-14-17-34-16-8-9-20-36(34)39)58-54(60-55)41-24-15-27-49-50(41)40-22-11-13-26-48(40)63-49/h5-29,32-33H,30-31H2,1-4H3. The predicted molar refractivity (Wildman–Crippen MR) is 259 cm³/mol. The zero-order valence-corrected chi connectivity index (χ0v) is 35.6. The van der Waals surface area contributed by atoms with Crippen molar-refractivity contribution < 1.29 is 4.42 Å². The smallest absolute Gasteiger partial charge is 0.238 e. The maximum Gasteiger partial charge on any atom is 0.238 e. The van der Waals surface area contributed by atoms with Crippen LogP contribution < -0.4 is 0 Å². The lowest BCUT2D eigenvalue weighted by atomic mass is 9.63. The Labute approximate surface area is 364 Å². The first kappa shape index (κ1) is 36.1. The molecule has 1 aliphatic rings. The minimum atomic E-state index is -0.0229. The van der Waals surface area contributed by atoms with Crippen LogP contribution in [0.2, 0.25) is 0 Å². The second-order valence-electron chi connectivity index (χ2n) is 18.6. The average Bonchev–Trinajstić information content (AvgIpc) is 3.98. The molecule has 12 aromatic rings. The van der Waals surface area contributed by atoms with Gasteiger partial charge in [0.2, 0.25) is 5.95 Å². The summed E-state index contributed by atoms with van der Waals surface area (Å²) in [6.07, 6.45) is 2.23. The van der Waals surface area contributed by atoms with E-state index in [9.17, 15) is 0 Å². The molecule has 1 aliphatic carbocycles. The fourth-order valence-electron chi connectivity index (χ4n) is 10.8. The maximum absolute atomic E-state index is 6.43. The first-order valence-corrected chi connectivity index (χ1v) is 22.0. The van der Waals surface area contributed by atoms with Gasteiger partial charge in [-0.1, -0.05) is 143 Å². The number of fused-ring (bicyclic) bond motifs is 12. The minimum Gasteiger partial charge on any atom is -0.456 e. The summed E-state index contributed by atoms with van der Waals surface area (Å²) >= 11 is 0. The molecule has 0 unspecified atom stereocenters. The molecule has 0 bridgehead atoms. The molecule has 0 aliphatic heterocycles. The summed E-state index contributed by atoms with van der Waals surface area (Å²) < 4.78 is 11.2. The van der Waals surface area contributed by atoms with Crippen LogP contribution in [0, 0.1) is 0 Å². The maximum atomic E-state index is 6.43.